The van der Waals surface area contributed by atoms with Gasteiger partial charge in [-0.15, -0.1) is 0 Å². The van der Waals surface area contributed by atoms with Crippen LogP contribution in [-0.2, 0) is 0 Å². The summed E-state index contributed by atoms with van der Waals surface area (Å²) in [4.78, 5) is 35.1. The van der Waals surface area contributed by atoms with Crippen LogP contribution in [-0.4, -0.2) is 38.9 Å². The summed E-state index contributed by atoms with van der Waals surface area (Å²) in [5.74, 6) is 2.17. The lowest BCUT2D eigenvalue weighted by Gasteiger charge is -2.10. The van der Waals surface area contributed by atoms with Crippen LogP contribution in [0.2, 0.25) is 0 Å². The molecule has 3 N–H and O–H groups in total. The molecule has 3 rings (SSSR count). The topological polar surface area (TPSA) is 135 Å². The summed E-state index contributed by atoms with van der Waals surface area (Å²) in [5, 5.41) is 19.6. The Bertz CT molecular complexity index is 994. The van der Waals surface area contributed by atoms with Gasteiger partial charge >= 0.3 is 0 Å². The third-order valence-corrected chi connectivity index (χ3v) is 3.82. The molecule has 10 nitrogen and oxygen atoms in total. The molecule has 1 amide bonds. The van der Waals surface area contributed by atoms with Gasteiger partial charge in [-0.1, -0.05) is 6.07 Å². The molecule has 148 valence electrons. The molecule has 2 heterocycles. The lowest BCUT2D eigenvalue weighted by Crippen LogP contribution is -2.28. The molecule has 0 unspecified atom stereocenters. The fraction of sp³-hybridized carbons (Fsp3) is 0.158. The standard InChI is InChI=1S/C19H19N7O3/c1-13-23-17(12-18(24-13)25-16-4-2-3-9-20-16)21-10-11-22-19(27)14-5-7-15(8-6-14)26(28)29/h2-9,12H,10-11H2,1H3,(H,22,27)(H2,20,21,23,24,25). The molecule has 0 spiro atoms. The summed E-state index contributed by atoms with van der Waals surface area (Å²) in [7, 11) is 0. The number of hydrogen-bond donors (Lipinski definition) is 3. The Kier molecular flexibility index (Phi) is 6.25. The number of amides is 1. The average Bonchev–Trinajstić information content (AvgIpc) is 2.71. The van der Waals surface area contributed by atoms with Crippen molar-refractivity contribution in [2.75, 3.05) is 23.7 Å². The molecule has 29 heavy (non-hydrogen) atoms. The summed E-state index contributed by atoms with van der Waals surface area (Å²) in [6.45, 7) is 2.57. The van der Waals surface area contributed by atoms with E-state index in [4.69, 9.17) is 0 Å². The number of pyridine rings is 1. The molecule has 0 aliphatic heterocycles. The fourth-order valence-corrected chi connectivity index (χ4v) is 2.49. The largest absolute Gasteiger partial charge is 0.368 e. The van der Waals surface area contributed by atoms with Crippen molar-refractivity contribution in [2.45, 2.75) is 6.92 Å². The number of carbonyl (C=O) groups excluding carboxylic acids is 1. The van der Waals surface area contributed by atoms with Crippen molar-refractivity contribution in [1.82, 2.24) is 20.3 Å². The van der Waals surface area contributed by atoms with Crippen LogP contribution in [0.3, 0.4) is 0 Å². The molecule has 0 bridgehead atoms. The Morgan fingerprint density at radius 3 is 2.48 bits per heavy atom. The lowest BCUT2D eigenvalue weighted by molar-refractivity contribution is -0.384. The normalized spacial score (nSPS) is 10.2. The van der Waals surface area contributed by atoms with E-state index in [1.165, 1.54) is 24.3 Å². The van der Waals surface area contributed by atoms with Gasteiger partial charge in [0, 0.05) is 43.0 Å². The van der Waals surface area contributed by atoms with Crippen molar-refractivity contribution < 1.29 is 9.72 Å². The zero-order valence-corrected chi connectivity index (χ0v) is 15.6. The first-order valence-corrected chi connectivity index (χ1v) is 8.81. The van der Waals surface area contributed by atoms with Crippen LogP contribution in [0.15, 0.2) is 54.7 Å². The minimum atomic E-state index is -0.508. The zero-order chi connectivity index (χ0) is 20.6. The van der Waals surface area contributed by atoms with E-state index in [-0.39, 0.29) is 11.6 Å². The van der Waals surface area contributed by atoms with E-state index in [0.717, 1.165) is 0 Å². The first-order valence-electron chi connectivity index (χ1n) is 8.81. The van der Waals surface area contributed by atoms with E-state index in [9.17, 15) is 14.9 Å². The van der Waals surface area contributed by atoms with Crippen molar-refractivity contribution in [3.8, 4) is 0 Å². The summed E-state index contributed by atoms with van der Waals surface area (Å²) >= 11 is 0. The molecule has 0 saturated carbocycles. The van der Waals surface area contributed by atoms with Crippen LogP contribution in [0.25, 0.3) is 0 Å². The van der Waals surface area contributed by atoms with Gasteiger partial charge in [0.25, 0.3) is 11.6 Å². The Balaban J connectivity index is 1.51. The molecule has 2 aromatic heterocycles. The number of nitro benzene ring substituents is 1. The number of nitro groups is 1. The quantitative estimate of drug-likeness (QED) is 0.302. The smallest absolute Gasteiger partial charge is 0.269 e. The molecule has 1 aromatic carbocycles. The van der Waals surface area contributed by atoms with Crippen LogP contribution < -0.4 is 16.0 Å². The van der Waals surface area contributed by atoms with Gasteiger partial charge in [0.15, 0.2) is 0 Å². The maximum Gasteiger partial charge on any atom is 0.269 e. The monoisotopic (exact) mass is 393 g/mol. The Labute approximate surface area is 166 Å². The molecule has 0 atom stereocenters. The molecule has 0 aliphatic carbocycles. The number of non-ortho nitro benzene ring substituents is 1. The van der Waals surface area contributed by atoms with Crippen molar-refractivity contribution >= 4 is 29.0 Å². The van der Waals surface area contributed by atoms with Crippen molar-refractivity contribution in [3.63, 3.8) is 0 Å². The van der Waals surface area contributed by atoms with Gasteiger partial charge in [0.2, 0.25) is 0 Å². The molecule has 10 heteroatoms. The highest BCUT2D eigenvalue weighted by molar-refractivity contribution is 5.94. The predicted octanol–water partition coefficient (Wildman–Crippen LogP) is 2.67. The SMILES string of the molecule is Cc1nc(NCCNC(=O)c2ccc([N+](=O)[O-])cc2)cc(Nc2ccccn2)n1. The molecule has 0 fully saturated rings. The summed E-state index contributed by atoms with van der Waals surface area (Å²) < 4.78 is 0. The Morgan fingerprint density at radius 1 is 1.03 bits per heavy atom. The van der Waals surface area contributed by atoms with Gasteiger partial charge in [-0.05, 0) is 31.2 Å². The van der Waals surface area contributed by atoms with Crippen molar-refractivity contribution in [1.29, 1.82) is 0 Å². The minimum absolute atomic E-state index is 0.0579. The highest BCUT2D eigenvalue weighted by atomic mass is 16.6. The van der Waals surface area contributed by atoms with E-state index < -0.39 is 4.92 Å². The number of anilines is 3. The Hall–Kier alpha value is -4.08. The van der Waals surface area contributed by atoms with E-state index in [2.05, 4.69) is 30.9 Å². The molecule has 3 aromatic rings. The van der Waals surface area contributed by atoms with Crippen LogP contribution in [0, 0.1) is 17.0 Å². The van der Waals surface area contributed by atoms with Crippen molar-refractivity contribution in [2.24, 2.45) is 0 Å². The van der Waals surface area contributed by atoms with Crippen LogP contribution in [0.5, 0.6) is 0 Å². The number of benzene rings is 1. The van der Waals surface area contributed by atoms with Gasteiger partial charge in [-0.25, -0.2) is 15.0 Å². The number of carbonyl (C=O) groups is 1. The highest BCUT2D eigenvalue weighted by Crippen LogP contribution is 2.15. The molecule has 0 saturated heterocycles. The second kappa shape index (κ2) is 9.22. The number of aromatic nitrogens is 3. The van der Waals surface area contributed by atoms with Gasteiger partial charge in [0.05, 0.1) is 4.92 Å². The molecular formula is C19H19N7O3. The van der Waals surface area contributed by atoms with Gasteiger partial charge in [0.1, 0.15) is 23.3 Å². The van der Waals surface area contributed by atoms with E-state index >= 15 is 0 Å². The van der Waals surface area contributed by atoms with Gasteiger partial charge in [-0.3, -0.25) is 14.9 Å². The highest BCUT2D eigenvalue weighted by Gasteiger charge is 2.09. The second-order valence-electron chi connectivity index (χ2n) is 6.01. The minimum Gasteiger partial charge on any atom is -0.368 e. The number of nitrogens with one attached hydrogen (secondary N) is 3. The van der Waals surface area contributed by atoms with Gasteiger partial charge < -0.3 is 16.0 Å². The summed E-state index contributed by atoms with van der Waals surface area (Å²) in [6, 6.07) is 12.7. The maximum absolute atomic E-state index is 12.1. The van der Waals surface area contributed by atoms with Crippen LogP contribution in [0.4, 0.5) is 23.1 Å². The summed E-state index contributed by atoms with van der Waals surface area (Å²) in [6.07, 6.45) is 1.68. The van der Waals surface area contributed by atoms with E-state index in [0.29, 0.717) is 41.9 Å². The number of nitrogens with zero attached hydrogens (tertiary/aromatic N) is 4. The molecular weight excluding hydrogens is 374 g/mol. The van der Waals surface area contributed by atoms with Gasteiger partial charge in [-0.2, -0.15) is 0 Å². The first-order chi connectivity index (χ1) is 14.0. The zero-order valence-electron chi connectivity index (χ0n) is 15.6. The maximum atomic E-state index is 12.1. The Morgan fingerprint density at radius 2 is 1.79 bits per heavy atom. The molecule has 0 aliphatic rings. The number of hydrogen-bond acceptors (Lipinski definition) is 8. The number of rotatable bonds is 8. The van der Waals surface area contributed by atoms with Crippen LogP contribution >= 0.6 is 0 Å². The van der Waals surface area contributed by atoms with E-state index in [1.54, 1.807) is 19.2 Å². The summed E-state index contributed by atoms with van der Waals surface area (Å²) in [5.41, 5.74) is 0.299. The number of aryl methyl sites for hydroxylation is 1. The average molecular weight is 393 g/mol. The van der Waals surface area contributed by atoms with Crippen molar-refractivity contribution in [3.05, 3.63) is 76.2 Å². The van der Waals surface area contributed by atoms with E-state index in [1.807, 2.05) is 18.2 Å². The molecule has 0 radical (unpaired) electrons. The predicted molar refractivity (Wildman–Crippen MR) is 108 cm³/mol. The lowest BCUT2D eigenvalue weighted by atomic mass is 10.2. The third kappa shape index (κ3) is 5.70. The third-order valence-electron chi connectivity index (χ3n) is 3.82. The first kappa shape index (κ1) is 19.7. The fourth-order valence-electron chi connectivity index (χ4n) is 2.49. The van der Waals surface area contributed by atoms with Crippen LogP contribution in [0.1, 0.15) is 16.2 Å². The second-order valence-corrected chi connectivity index (χ2v) is 6.01.